The van der Waals surface area contributed by atoms with Gasteiger partial charge >= 0.3 is 5.97 Å². The third-order valence-corrected chi connectivity index (χ3v) is 12.4. The third kappa shape index (κ3) is 5.34. The molecular formula is C36H56N2O2. The van der Waals surface area contributed by atoms with Crippen molar-refractivity contribution < 1.29 is 9.53 Å². The van der Waals surface area contributed by atoms with E-state index in [1.165, 1.54) is 44.9 Å². The molecule has 0 spiro atoms. The fraction of sp³-hybridized carbons (Fsp3) is 0.750. The van der Waals surface area contributed by atoms with E-state index in [9.17, 15) is 4.79 Å². The molecule has 3 fully saturated rings. The van der Waals surface area contributed by atoms with E-state index in [-0.39, 0.29) is 17.5 Å². The molecule has 4 N–H and O–H groups in total. The SMILES string of the molecule is CCC1CC2(C)C(C(C)CCCC(C)C)CCC2C2C=CC3CC(OC(=O)c4cc(N)cc(N)c4)CCC3(C)C12. The number of carbonyl (C=O) groups excluding carboxylic acids is 1. The van der Waals surface area contributed by atoms with Gasteiger partial charge < -0.3 is 16.2 Å². The number of nitrogens with two attached hydrogens (primary N) is 2. The Balaban J connectivity index is 1.31. The lowest BCUT2D eigenvalue weighted by Gasteiger charge is -2.62. The smallest absolute Gasteiger partial charge is 0.338 e. The van der Waals surface area contributed by atoms with E-state index in [4.69, 9.17) is 16.2 Å². The summed E-state index contributed by atoms with van der Waals surface area (Å²) < 4.78 is 6.06. The van der Waals surface area contributed by atoms with E-state index in [1.807, 2.05) is 0 Å². The number of nitrogen functional groups attached to an aromatic ring is 2. The lowest BCUT2D eigenvalue weighted by Crippen LogP contribution is -2.56. The first-order valence-electron chi connectivity index (χ1n) is 16.5. The standard InChI is InChI=1S/C36H56N2O2/c1-7-24-21-36(6)31(23(4)10-8-9-22(2)3)13-14-32(36)30-12-11-26-19-29(15-16-35(26,5)33(24)30)40-34(39)25-17-27(37)20-28(38)18-25/h11-12,17-18,20,22-24,26,29-33H,7-10,13-16,19,21,37-38H2,1-6H3. The lowest BCUT2D eigenvalue weighted by atomic mass is 9.43. The van der Waals surface area contributed by atoms with Crippen molar-refractivity contribution in [3.63, 3.8) is 0 Å². The van der Waals surface area contributed by atoms with Crippen LogP contribution in [0.15, 0.2) is 30.4 Å². The third-order valence-electron chi connectivity index (χ3n) is 12.4. The highest BCUT2D eigenvalue weighted by molar-refractivity contribution is 5.91. The van der Waals surface area contributed by atoms with Crippen molar-refractivity contribution in [3.8, 4) is 0 Å². The van der Waals surface area contributed by atoms with E-state index in [1.54, 1.807) is 18.2 Å². The van der Waals surface area contributed by atoms with Gasteiger partial charge in [-0.15, -0.1) is 0 Å². The molecule has 222 valence electrons. The summed E-state index contributed by atoms with van der Waals surface area (Å²) in [5, 5.41) is 0. The van der Waals surface area contributed by atoms with Gasteiger partial charge in [0.05, 0.1) is 5.56 Å². The number of benzene rings is 1. The first-order chi connectivity index (χ1) is 19.0. The minimum absolute atomic E-state index is 0.0501. The molecule has 0 radical (unpaired) electrons. The van der Waals surface area contributed by atoms with Crippen molar-refractivity contribution in [2.75, 3.05) is 11.5 Å². The Hall–Kier alpha value is -1.97. The highest BCUT2D eigenvalue weighted by Crippen LogP contribution is 2.69. The number of ether oxygens (including phenoxy) is 1. The fourth-order valence-electron chi connectivity index (χ4n) is 10.5. The van der Waals surface area contributed by atoms with Gasteiger partial charge in [0, 0.05) is 11.4 Å². The van der Waals surface area contributed by atoms with Gasteiger partial charge in [-0.2, -0.15) is 0 Å². The van der Waals surface area contributed by atoms with Crippen LogP contribution in [0.4, 0.5) is 11.4 Å². The van der Waals surface area contributed by atoms with Gasteiger partial charge in [-0.25, -0.2) is 4.79 Å². The zero-order valence-corrected chi connectivity index (χ0v) is 26.1. The Morgan fingerprint density at radius 2 is 1.73 bits per heavy atom. The molecule has 1 aromatic carbocycles. The lowest BCUT2D eigenvalue weighted by molar-refractivity contribution is -0.115. The van der Waals surface area contributed by atoms with E-state index in [2.05, 4.69) is 53.7 Å². The van der Waals surface area contributed by atoms with Gasteiger partial charge in [0.15, 0.2) is 0 Å². The summed E-state index contributed by atoms with van der Waals surface area (Å²) in [7, 11) is 0. The molecule has 3 saturated carbocycles. The minimum Gasteiger partial charge on any atom is -0.459 e. The Morgan fingerprint density at radius 3 is 2.40 bits per heavy atom. The number of fused-ring (bicyclic) bond motifs is 5. The zero-order chi connectivity index (χ0) is 28.8. The van der Waals surface area contributed by atoms with Crippen LogP contribution in [0.5, 0.6) is 0 Å². The number of allylic oxidation sites excluding steroid dienone is 2. The number of carbonyl (C=O) groups is 1. The van der Waals surface area contributed by atoms with Crippen LogP contribution in [-0.4, -0.2) is 12.1 Å². The number of hydrogen-bond donors (Lipinski definition) is 2. The predicted octanol–water partition coefficient (Wildman–Crippen LogP) is 8.91. The van der Waals surface area contributed by atoms with Crippen LogP contribution >= 0.6 is 0 Å². The van der Waals surface area contributed by atoms with Crippen LogP contribution in [0.2, 0.25) is 0 Å². The monoisotopic (exact) mass is 548 g/mol. The Bertz CT molecular complexity index is 1080. The highest BCUT2D eigenvalue weighted by Gasteiger charge is 2.62. The van der Waals surface area contributed by atoms with Crippen molar-refractivity contribution in [2.24, 2.45) is 58.2 Å². The zero-order valence-electron chi connectivity index (χ0n) is 26.1. The van der Waals surface area contributed by atoms with Crippen LogP contribution in [0.3, 0.4) is 0 Å². The van der Waals surface area contributed by atoms with Gasteiger partial charge in [0.2, 0.25) is 0 Å². The molecule has 0 bridgehead atoms. The number of anilines is 2. The second-order valence-electron chi connectivity index (χ2n) is 15.3. The predicted molar refractivity (Wildman–Crippen MR) is 167 cm³/mol. The molecule has 0 aromatic heterocycles. The molecule has 0 saturated heterocycles. The molecule has 4 aliphatic rings. The molecule has 4 aliphatic carbocycles. The summed E-state index contributed by atoms with van der Waals surface area (Å²) >= 11 is 0. The highest BCUT2D eigenvalue weighted by atomic mass is 16.5. The maximum atomic E-state index is 13.0. The van der Waals surface area contributed by atoms with Crippen molar-refractivity contribution in [1.82, 2.24) is 0 Å². The fourth-order valence-corrected chi connectivity index (χ4v) is 10.5. The Labute approximate surface area is 244 Å². The molecule has 1 aromatic rings. The number of hydrogen-bond acceptors (Lipinski definition) is 4. The van der Waals surface area contributed by atoms with Crippen molar-refractivity contribution in [3.05, 3.63) is 35.9 Å². The molecule has 10 unspecified atom stereocenters. The summed E-state index contributed by atoms with van der Waals surface area (Å²) in [4.78, 5) is 13.0. The van der Waals surface area contributed by atoms with Gasteiger partial charge in [0.1, 0.15) is 6.10 Å². The van der Waals surface area contributed by atoms with Gasteiger partial charge in [-0.3, -0.25) is 0 Å². The first kappa shape index (κ1) is 29.5. The average Bonchev–Trinajstić information content (AvgIpc) is 3.24. The van der Waals surface area contributed by atoms with Crippen molar-refractivity contribution in [2.45, 2.75) is 112 Å². The van der Waals surface area contributed by atoms with Crippen molar-refractivity contribution >= 4 is 17.3 Å². The second kappa shape index (κ2) is 11.4. The molecule has 0 heterocycles. The molecule has 0 amide bonds. The van der Waals surface area contributed by atoms with Gasteiger partial charge in [-0.05, 0) is 115 Å². The number of esters is 1. The molecule has 10 atom stereocenters. The summed E-state index contributed by atoms with van der Waals surface area (Å²) in [6.07, 6.45) is 17.8. The second-order valence-corrected chi connectivity index (χ2v) is 15.3. The van der Waals surface area contributed by atoms with E-state index in [0.717, 1.165) is 54.8 Å². The average molecular weight is 549 g/mol. The molecule has 5 rings (SSSR count). The molecule has 4 heteroatoms. The quantitative estimate of drug-likeness (QED) is 0.193. The number of rotatable bonds is 8. The van der Waals surface area contributed by atoms with Crippen LogP contribution < -0.4 is 11.5 Å². The van der Waals surface area contributed by atoms with E-state index in [0.29, 0.717) is 34.2 Å². The van der Waals surface area contributed by atoms with Crippen molar-refractivity contribution in [1.29, 1.82) is 0 Å². The molecule has 40 heavy (non-hydrogen) atoms. The first-order valence-corrected chi connectivity index (χ1v) is 16.5. The van der Waals surface area contributed by atoms with Crippen LogP contribution in [0, 0.1) is 58.2 Å². The molecule has 0 aliphatic heterocycles. The summed E-state index contributed by atoms with van der Waals surface area (Å²) in [6.45, 7) is 15.0. The minimum atomic E-state index is -0.301. The summed E-state index contributed by atoms with van der Waals surface area (Å²) in [5.74, 6) is 5.72. The van der Waals surface area contributed by atoms with E-state index < -0.39 is 0 Å². The van der Waals surface area contributed by atoms with E-state index >= 15 is 0 Å². The maximum Gasteiger partial charge on any atom is 0.338 e. The summed E-state index contributed by atoms with van der Waals surface area (Å²) in [6, 6.07) is 5.01. The Kier molecular flexibility index (Phi) is 8.39. The largest absolute Gasteiger partial charge is 0.459 e. The molecule has 4 nitrogen and oxygen atoms in total. The van der Waals surface area contributed by atoms with Gasteiger partial charge in [0.25, 0.3) is 0 Å². The topological polar surface area (TPSA) is 78.3 Å². The summed E-state index contributed by atoms with van der Waals surface area (Å²) in [5.41, 5.74) is 14.1. The van der Waals surface area contributed by atoms with Crippen LogP contribution in [0.25, 0.3) is 0 Å². The Morgan fingerprint density at radius 1 is 1.00 bits per heavy atom. The van der Waals surface area contributed by atoms with Crippen LogP contribution in [-0.2, 0) is 4.74 Å². The van der Waals surface area contributed by atoms with Crippen LogP contribution in [0.1, 0.15) is 116 Å². The van der Waals surface area contributed by atoms with Gasteiger partial charge in [-0.1, -0.05) is 79.4 Å². The maximum absolute atomic E-state index is 13.0. The normalized spacial score (nSPS) is 39.3. The molecular weight excluding hydrogens is 492 g/mol.